The Bertz CT molecular complexity index is 406. The average molecular weight is 259 g/mol. The molecule has 1 aliphatic carbocycles. The highest BCUT2D eigenvalue weighted by atomic mass is 15.3. The van der Waals surface area contributed by atoms with Crippen molar-refractivity contribution < 1.29 is 0 Å². The van der Waals surface area contributed by atoms with Crippen molar-refractivity contribution in [2.45, 2.75) is 32.4 Å². The van der Waals surface area contributed by atoms with Gasteiger partial charge in [-0.15, -0.1) is 0 Å². The SMILES string of the molecule is CCN1CCN(c2ccccc2CNC2CC2)CC1. The molecule has 1 aromatic carbocycles. The highest BCUT2D eigenvalue weighted by molar-refractivity contribution is 5.54. The van der Waals surface area contributed by atoms with Crippen LogP contribution in [0.25, 0.3) is 0 Å². The Morgan fingerprint density at radius 2 is 1.84 bits per heavy atom. The van der Waals surface area contributed by atoms with Gasteiger partial charge in [-0.2, -0.15) is 0 Å². The number of para-hydroxylation sites is 1. The molecule has 3 nitrogen and oxygen atoms in total. The molecule has 2 fully saturated rings. The van der Waals surface area contributed by atoms with Crippen molar-refractivity contribution in [2.24, 2.45) is 0 Å². The number of likely N-dealkylation sites (N-methyl/N-ethyl adjacent to an activating group) is 1. The van der Waals surface area contributed by atoms with E-state index in [9.17, 15) is 0 Å². The van der Waals surface area contributed by atoms with Crippen molar-refractivity contribution in [3.63, 3.8) is 0 Å². The predicted molar refractivity (Wildman–Crippen MR) is 80.6 cm³/mol. The van der Waals surface area contributed by atoms with Gasteiger partial charge in [-0.1, -0.05) is 25.1 Å². The second-order valence-corrected chi connectivity index (χ2v) is 5.71. The third-order valence-electron chi connectivity index (χ3n) is 4.31. The normalized spacial score (nSPS) is 20.8. The number of hydrogen-bond acceptors (Lipinski definition) is 3. The second-order valence-electron chi connectivity index (χ2n) is 5.71. The molecule has 0 unspecified atom stereocenters. The van der Waals surface area contributed by atoms with E-state index < -0.39 is 0 Å². The summed E-state index contributed by atoms with van der Waals surface area (Å²) in [5.41, 5.74) is 2.89. The third-order valence-corrected chi connectivity index (χ3v) is 4.31. The van der Waals surface area contributed by atoms with Crippen LogP contribution >= 0.6 is 0 Å². The zero-order chi connectivity index (χ0) is 13.1. The maximum atomic E-state index is 3.64. The molecule has 2 aliphatic rings. The number of benzene rings is 1. The molecule has 1 N–H and O–H groups in total. The number of rotatable bonds is 5. The molecule has 1 saturated heterocycles. The van der Waals surface area contributed by atoms with E-state index >= 15 is 0 Å². The molecule has 1 saturated carbocycles. The van der Waals surface area contributed by atoms with Gasteiger partial charge < -0.3 is 15.1 Å². The van der Waals surface area contributed by atoms with E-state index in [1.807, 2.05) is 0 Å². The lowest BCUT2D eigenvalue weighted by Gasteiger charge is -2.36. The van der Waals surface area contributed by atoms with Crippen LogP contribution in [0.3, 0.4) is 0 Å². The molecule has 0 amide bonds. The monoisotopic (exact) mass is 259 g/mol. The molecule has 3 rings (SSSR count). The summed E-state index contributed by atoms with van der Waals surface area (Å²) in [6.45, 7) is 9.17. The minimum Gasteiger partial charge on any atom is -0.369 e. The van der Waals surface area contributed by atoms with Gasteiger partial charge in [-0.05, 0) is 31.0 Å². The lowest BCUT2D eigenvalue weighted by atomic mass is 10.1. The quantitative estimate of drug-likeness (QED) is 0.873. The first-order valence-electron chi connectivity index (χ1n) is 7.65. The van der Waals surface area contributed by atoms with Gasteiger partial charge in [0.15, 0.2) is 0 Å². The Balaban J connectivity index is 1.65. The molecule has 0 aromatic heterocycles. The van der Waals surface area contributed by atoms with Crippen LogP contribution in [0.5, 0.6) is 0 Å². The van der Waals surface area contributed by atoms with Crippen LogP contribution < -0.4 is 10.2 Å². The third kappa shape index (κ3) is 3.28. The molecule has 3 heteroatoms. The number of hydrogen-bond donors (Lipinski definition) is 1. The Morgan fingerprint density at radius 3 is 2.53 bits per heavy atom. The molecule has 104 valence electrons. The summed E-state index contributed by atoms with van der Waals surface area (Å²) < 4.78 is 0. The maximum absolute atomic E-state index is 3.64. The van der Waals surface area contributed by atoms with E-state index in [1.54, 1.807) is 0 Å². The van der Waals surface area contributed by atoms with E-state index in [-0.39, 0.29) is 0 Å². The molecule has 0 spiro atoms. The zero-order valence-electron chi connectivity index (χ0n) is 11.9. The van der Waals surface area contributed by atoms with Gasteiger partial charge in [-0.3, -0.25) is 0 Å². The summed E-state index contributed by atoms with van der Waals surface area (Å²) in [5, 5.41) is 3.64. The van der Waals surface area contributed by atoms with Crippen molar-refractivity contribution in [3.8, 4) is 0 Å². The van der Waals surface area contributed by atoms with Crippen LogP contribution in [-0.2, 0) is 6.54 Å². The fraction of sp³-hybridized carbons (Fsp3) is 0.625. The van der Waals surface area contributed by atoms with Gasteiger partial charge in [0.25, 0.3) is 0 Å². The van der Waals surface area contributed by atoms with E-state index in [1.165, 1.54) is 43.7 Å². The van der Waals surface area contributed by atoms with Gasteiger partial charge in [0, 0.05) is 44.5 Å². The number of anilines is 1. The van der Waals surface area contributed by atoms with E-state index in [0.717, 1.165) is 25.7 Å². The van der Waals surface area contributed by atoms with Gasteiger partial charge in [0.2, 0.25) is 0 Å². The van der Waals surface area contributed by atoms with Crippen LogP contribution in [0.1, 0.15) is 25.3 Å². The first kappa shape index (κ1) is 12.9. The Morgan fingerprint density at radius 1 is 1.11 bits per heavy atom. The molecule has 19 heavy (non-hydrogen) atoms. The maximum Gasteiger partial charge on any atom is 0.0412 e. The van der Waals surface area contributed by atoms with Crippen LogP contribution in [0, 0.1) is 0 Å². The highest BCUT2D eigenvalue weighted by Crippen LogP contribution is 2.24. The van der Waals surface area contributed by atoms with Crippen molar-refractivity contribution >= 4 is 5.69 Å². The van der Waals surface area contributed by atoms with Gasteiger partial charge in [-0.25, -0.2) is 0 Å². The first-order valence-corrected chi connectivity index (χ1v) is 7.65. The molecule has 0 bridgehead atoms. The molecule has 0 radical (unpaired) electrons. The minimum atomic E-state index is 0.782. The Labute approximate surface area is 116 Å². The fourth-order valence-corrected chi connectivity index (χ4v) is 2.82. The molecular weight excluding hydrogens is 234 g/mol. The second kappa shape index (κ2) is 5.93. The number of nitrogens with one attached hydrogen (secondary N) is 1. The van der Waals surface area contributed by atoms with Gasteiger partial charge >= 0.3 is 0 Å². The lowest BCUT2D eigenvalue weighted by Crippen LogP contribution is -2.46. The van der Waals surface area contributed by atoms with E-state index in [4.69, 9.17) is 0 Å². The zero-order valence-corrected chi connectivity index (χ0v) is 11.9. The first-order chi connectivity index (χ1) is 9.36. The summed E-state index contributed by atoms with van der Waals surface area (Å²) in [6.07, 6.45) is 2.72. The van der Waals surface area contributed by atoms with Crippen molar-refractivity contribution in [1.29, 1.82) is 0 Å². The Hall–Kier alpha value is -1.06. The molecule has 1 aliphatic heterocycles. The van der Waals surface area contributed by atoms with Crippen LogP contribution in [-0.4, -0.2) is 43.7 Å². The molecule has 0 atom stereocenters. The molecule has 1 aromatic rings. The summed E-state index contributed by atoms with van der Waals surface area (Å²) in [7, 11) is 0. The highest BCUT2D eigenvalue weighted by Gasteiger charge is 2.22. The summed E-state index contributed by atoms with van der Waals surface area (Å²) in [5.74, 6) is 0. The summed E-state index contributed by atoms with van der Waals surface area (Å²) >= 11 is 0. The topological polar surface area (TPSA) is 18.5 Å². The van der Waals surface area contributed by atoms with E-state index in [2.05, 4.69) is 46.3 Å². The van der Waals surface area contributed by atoms with Crippen molar-refractivity contribution in [1.82, 2.24) is 10.2 Å². The van der Waals surface area contributed by atoms with Crippen molar-refractivity contribution in [2.75, 3.05) is 37.6 Å². The summed E-state index contributed by atoms with van der Waals surface area (Å²) in [6, 6.07) is 9.67. The molecule has 1 heterocycles. The van der Waals surface area contributed by atoms with Crippen LogP contribution in [0.2, 0.25) is 0 Å². The number of nitrogens with zero attached hydrogens (tertiary/aromatic N) is 2. The fourth-order valence-electron chi connectivity index (χ4n) is 2.82. The number of piperazine rings is 1. The van der Waals surface area contributed by atoms with Crippen LogP contribution in [0.4, 0.5) is 5.69 Å². The Kier molecular flexibility index (Phi) is 4.04. The minimum absolute atomic E-state index is 0.782. The standard InChI is InChI=1S/C16H25N3/c1-2-18-9-11-19(12-10-18)16-6-4-3-5-14(16)13-17-15-7-8-15/h3-6,15,17H,2,7-13H2,1H3. The largest absolute Gasteiger partial charge is 0.369 e. The lowest BCUT2D eigenvalue weighted by molar-refractivity contribution is 0.271. The summed E-state index contributed by atoms with van der Waals surface area (Å²) in [4.78, 5) is 5.08. The van der Waals surface area contributed by atoms with Gasteiger partial charge in [0.1, 0.15) is 0 Å². The smallest absolute Gasteiger partial charge is 0.0412 e. The van der Waals surface area contributed by atoms with Crippen molar-refractivity contribution in [3.05, 3.63) is 29.8 Å². The van der Waals surface area contributed by atoms with Crippen LogP contribution in [0.15, 0.2) is 24.3 Å². The molecular formula is C16H25N3. The van der Waals surface area contributed by atoms with E-state index in [0.29, 0.717) is 0 Å². The average Bonchev–Trinajstić information content (AvgIpc) is 3.30. The van der Waals surface area contributed by atoms with Gasteiger partial charge in [0.05, 0.1) is 0 Å². The predicted octanol–water partition coefficient (Wildman–Crippen LogP) is 2.08.